The van der Waals surface area contributed by atoms with Gasteiger partial charge in [0, 0.05) is 11.6 Å². The normalized spacial score (nSPS) is 11.3. The molecule has 0 radical (unpaired) electrons. The monoisotopic (exact) mass is 359 g/mol. The predicted molar refractivity (Wildman–Crippen MR) is 94.2 cm³/mol. The molecule has 0 saturated carbocycles. The molecular formula is C17H17N3O4S. The van der Waals surface area contributed by atoms with E-state index in [-0.39, 0.29) is 10.7 Å². The Labute approximate surface area is 145 Å². The lowest BCUT2D eigenvalue weighted by Gasteiger charge is -2.07. The summed E-state index contributed by atoms with van der Waals surface area (Å²) in [6.45, 7) is 0. The third kappa shape index (κ3) is 3.03. The molecule has 2 aromatic carbocycles. The molecule has 3 rings (SSSR count). The number of hydrogen-bond donors (Lipinski definition) is 1. The Morgan fingerprint density at radius 3 is 2.32 bits per heavy atom. The first-order valence-electron chi connectivity index (χ1n) is 7.36. The topological polar surface area (TPSA) is 96.4 Å². The molecule has 0 aliphatic heterocycles. The first kappa shape index (κ1) is 16.8. The van der Waals surface area contributed by atoms with Crippen molar-refractivity contribution < 1.29 is 17.9 Å². The SMILES string of the molecule is COc1ccc(S(=O)(=O)n2nc(-c3ccccc3OC)cc2N)cc1. The van der Waals surface area contributed by atoms with Gasteiger partial charge < -0.3 is 15.2 Å². The summed E-state index contributed by atoms with van der Waals surface area (Å²) in [4.78, 5) is 0.0645. The molecule has 0 aliphatic carbocycles. The van der Waals surface area contributed by atoms with Crippen molar-refractivity contribution in [2.24, 2.45) is 0 Å². The summed E-state index contributed by atoms with van der Waals surface area (Å²) in [5.41, 5.74) is 6.97. The molecule has 3 aromatic rings. The third-order valence-electron chi connectivity index (χ3n) is 3.67. The summed E-state index contributed by atoms with van der Waals surface area (Å²) in [6, 6.07) is 14.7. The van der Waals surface area contributed by atoms with E-state index in [1.54, 1.807) is 24.3 Å². The van der Waals surface area contributed by atoms with Crippen LogP contribution in [0.2, 0.25) is 0 Å². The number of anilines is 1. The van der Waals surface area contributed by atoms with E-state index in [4.69, 9.17) is 15.2 Å². The minimum atomic E-state index is -3.92. The van der Waals surface area contributed by atoms with Crippen molar-refractivity contribution >= 4 is 15.8 Å². The second-order valence-electron chi connectivity index (χ2n) is 5.18. The predicted octanol–water partition coefficient (Wildman–Crippen LogP) is 2.39. The Balaban J connectivity index is 2.07. The Morgan fingerprint density at radius 2 is 1.68 bits per heavy atom. The Hall–Kier alpha value is -3.00. The molecule has 2 N–H and O–H groups in total. The zero-order valence-electron chi connectivity index (χ0n) is 13.7. The maximum absolute atomic E-state index is 12.8. The number of aromatic nitrogens is 2. The van der Waals surface area contributed by atoms with Crippen molar-refractivity contribution in [1.82, 2.24) is 9.19 Å². The van der Waals surface area contributed by atoms with Gasteiger partial charge >= 0.3 is 0 Å². The summed E-state index contributed by atoms with van der Waals surface area (Å²) in [5.74, 6) is 1.15. The van der Waals surface area contributed by atoms with Crippen molar-refractivity contribution in [3.63, 3.8) is 0 Å². The number of nitrogen functional groups attached to an aromatic ring is 1. The molecule has 25 heavy (non-hydrogen) atoms. The molecular weight excluding hydrogens is 342 g/mol. The Morgan fingerprint density at radius 1 is 1.00 bits per heavy atom. The summed E-state index contributed by atoms with van der Waals surface area (Å²) in [7, 11) is -0.874. The molecule has 0 saturated heterocycles. The van der Waals surface area contributed by atoms with E-state index >= 15 is 0 Å². The van der Waals surface area contributed by atoms with Gasteiger partial charge in [0.15, 0.2) is 0 Å². The van der Waals surface area contributed by atoms with E-state index in [0.29, 0.717) is 22.8 Å². The molecule has 1 aromatic heterocycles. The van der Waals surface area contributed by atoms with Gasteiger partial charge in [-0.25, -0.2) is 0 Å². The first-order valence-corrected chi connectivity index (χ1v) is 8.80. The van der Waals surface area contributed by atoms with Crippen LogP contribution in [0.3, 0.4) is 0 Å². The van der Waals surface area contributed by atoms with Crippen LogP contribution < -0.4 is 15.2 Å². The largest absolute Gasteiger partial charge is 0.497 e. The van der Waals surface area contributed by atoms with Crippen LogP contribution in [0.4, 0.5) is 5.82 Å². The molecule has 0 atom stereocenters. The smallest absolute Gasteiger partial charge is 0.284 e. The minimum absolute atomic E-state index is 0.0109. The van der Waals surface area contributed by atoms with Gasteiger partial charge in [-0.05, 0) is 36.4 Å². The van der Waals surface area contributed by atoms with E-state index in [9.17, 15) is 8.42 Å². The molecule has 0 amide bonds. The zero-order valence-corrected chi connectivity index (χ0v) is 14.5. The maximum atomic E-state index is 12.8. The van der Waals surface area contributed by atoms with Crippen LogP contribution in [0.1, 0.15) is 0 Å². The standard InChI is InChI=1S/C17H17N3O4S/c1-23-12-7-9-13(10-8-12)25(21,22)20-17(18)11-15(19-20)14-5-3-4-6-16(14)24-2/h3-11H,18H2,1-2H3. The highest BCUT2D eigenvalue weighted by Crippen LogP contribution is 2.31. The summed E-state index contributed by atoms with van der Waals surface area (Å²) in [5, 5.41) is 4.17. The van der Waals surface area contributed by atoms with Crippen LogP contribution in [0.5, 0.6) is 11.5 Å². The number of benzene rings is 2. The maximum Gasteiger partial charge on any atom is 0.284 e. The summed E-state index contributed by atoms with van der Waals surface area (Å²) >= 11 is 0. The number of nitrogens with two attached hydrogens (primary N) is 1. The van der Waals surface area contributed by atoms with Gasteiger partial charge in [-0.2, -0.15) is 13.5 Å². The lowest BCUT2D eigenvalue weighted by molar-refractivity contribution is 0.414. The molecule has 130 valence electrons. The average molecular weight is 359 g/mol. The molecule has 1 heterocycles. The van der Waals surface area contributed by atoms with Crippen molar-refractivity contribution in [1.29, 1.82) is 0 Å². The number of para-hydroxylation sites is 1. The number of rotatable bonds is 5. The Kier molecular flexibility index (Phi) is 4.37. The van der Waals surface area contributed by atoms with Crippen LogP contribution in [0, 0.1) is 0 Å². The highest BCUT2D eigenvalue weighted by Gasteiger charge is 2.22. The van der Waals surface area contributed by atoms with E-state index in [1.807, 2.05) is 12.1 Å². The van der Waals surface area contributed by atoms with E-state index in [1.165, 1.54) is 32.4 Å². The van der Waals surface area contributed by atoms with E-state index in [0.717, 1.165) is 4.09 Å². The van der Waals surface area contributed by atoms with Gasteiger partial charge in [0.2, 0.25) is 0 Å². The number of hydrogen-bond acceptors (Lipinski definition) is 6. The van der Waals surface area contributed by atoms with Gasteiger partial charge in [-0.3, -0.25) is 0 Å². The lowest BCUT2D eigenvalue weighted by Crippen LogP contribution is -2.16. The molecule has 0 aliphatic rings. The summed E-state index contributed by atoms with van der Waals surface area (Å²) in [6.07, 6.45) is 0. The van der Waals surface area contributed by atoms with Crippen LogP contribution in [-0.2, 0) is 10.0 Å². The molecule has 0 fully saturated rings. The van der Waals surface area contributed by atoms with Crippen LogP contribution in [0.25, 0.3) is 11.3 Å². The second kappa shape index (κ2) is 6.48. The average Bonchev–Trinajstić information content (AvgIpc) is 3.04. The third-order valence-corrected chi connectivity index (χ3v) is 5.29. The highest BCUT2D eigenvalue weighted by atomic mass is 32.2. The van der Waals surface area contributed by atoms with Crippen molar-refractivity contribution in [3.05, 3.63) is 54.6 Å². The van der Waals surface area contributed by atoms with E-state index in [2.05, 4.69) is 5.10 Å². The Bertz CT molecular complexity index is 995. The highest BCUT2D eigenvalue weighted by molar-refractivity contribution is 7.90. The second-order valence-corrected chi connectivity index (χ2v) is 6.95. The zero-order chi connectivity index (χ0) is 18.0. The molecule has 0 unspecified atom stereocenters. The van der Waals surface area contributed by atoms with Crippen LogP contribution in [-0.4, -0.2) is 31.8 Å². The molecule has 7 nitrogen and oxygen atoms in total. The van der Waals surface area contributed by atoms with Gasteiger partial charge in [-0.15, -0.1) is 4.09 Å². The fourth-order valence-electron chi connectivity index (χ4n) is 2.41. The van der Waals surface area contributed by atoms with E-state index < -0.39 is 10.0 Å². The van der Waals surface area contributed by atoms with Crippen LogP contribution >= 0.6 is 0 Å². The number of ether oxygens (including phenoxy) is 2. The fraction of sp³-hybridized carbons (Fsp3) is 0.118. The van der Waals surface area contributed by atoms with Gasteiger partial charge in [0.25, 0.3) is 10.0 Å². The molecule has 0 bridgehead atoms. The first-order chi connectivity index (χ1) is 12.0. The molecule has 8 heteroatoms. The summed E-state index contributed by atoms with van der Waals surface area (Å²) < 4.78 is 36.8. The van der Waals surface area contributed by atoms with Gasteiger partial charge in [0.1, 0.15) is 17.3 Å². The number of nitrogens with zero attached hydrogens (tertiary/aromatic N) is 2. The van der Waals surface area contributed by atoms with Crippen LogP contribution in [0.15, 0.2) is 59.5 Å². The lowest BCUT2D eigenvalue weighted by atomic mass is 10.1. The van der Waals surface area contributed by atoms with Crippen molar-refractivity contribution in [2.75, 3.05) is 20.0 Å². The van der Waals surface area contributed by atoms with Gasteiger partial charge in [-0.1, -0.05) is 12.1 Å². The fourth-order valence-corrected chi connectivity index (χ4v) is 3.61. The van der Waals surface area contributed by atoms with Gasteiger partial charge in [0.05, 0.1) is 24.8 Å². The van der Waals surface area contributed by atoms with Crippen molar-refractivity contribution in [2.45, 2.75) is 4.90 Å². The quantitative estimate of drug-likeness (QED) is 0.751. The minimum Gasteiger partial charge on any atom is -0.497 e. The van der Waals surface area contributed by atoms with Crippen molar-refractivity contribution in [3.8, 4) is 22.8 Å². The number of methoxy groups -OCH3 is 2. The molecule has 0 spiro atoms.